The standard InChI is InChI=1S/C12H13N3O/c1-7-2-3-9(6-10(7)13)11-14-12(16-15-11)8-4-5-8/h2-3,6,8H,4-5,13H2,1H3. The van der Waals surface area contributed by atoms with E-state index in [2.05, 4.69) is 10.1 Å². The summed E-state index contributed by atoms with van der Waals surface area (Å²) in [6.07, 6.45) is 2.33. The number of nitrogens with zero attached hydrogens (tertiary/aromatic N) is 2. The van der Waals surface area contributed by atoms with Gasteiger partial charge in [0.2, 0.25) is 11.7 Å². The second-order valence-corrected chi connectivity index (χ2v) is 4.30. The molecule has 82 valence electrons. The van der Waals surface area contributed by atoms with E-state index in [1.54, 1.807) is 0 Å². The summed E-state index contributed by atoms with van der Waals surface area (Å²) in [7, 11) is 0. The quantitative estimate of drug-likeness (QED) is 0.782. The van der Waals surface area contributed by atoms with Crippen LogP contribution >= 0.6 is 0 Å². The monoisotopic (exact) mass is 215 g/mol. The van der Waals surface area contributed by atoms with Gasteiger partial charge in [0.05, 0.1) is 0 Å². The molecule has 2 N–H and O–H groups in total. The second-order valence-electron chi connectivity index (χ2n) is 4.30. The maximum Gasteiger partial charge on any atom is 0.230 e. The molecule has 1 aliphatic carbocycles. The first-order valence-electron chi connectivity index (χ1n) is 5.44. The Hall–Kier alpha value is -1.84. The molecule has 1 aliphatic rings. The smallest absolute Gasteiger partial charge is 0.230 e. The third kappa shape index (κ3) is 1.56. The average Bonchev–Trinajstić information content (AvgIpc) is 3.01. The Morgan fingerprint density at radius 3 is 2.88 bits per heavy atom. The Bertz CT molecular complexity index is 529. The topological polar surface area (TPSA) is 64.9 Å². The largest absolute Gasteiger partial charge is 0.398 e. The molecule has 4 nitrogen and oxygen atoms in total. The van der Waals surface area contributed by atoms with E-state index in [0.717, 1.165) is 35.5 Å². The number of anilines is 1. The lowest BCUT2D eigenvalue weighted by atomic mass is 10.1. The lowest BCUT2D eigenvalue weighted by Gasteiger charge is -2.00. The molecule has 0 atom stereocenters. The van der Waals surface area contributed by atoms with Crippen molar-refractivity contribution < 1.29 is 4.52 Å². The molecule has 0 bridgehead atoms. The van der Waals surface area contributed by atoms with Gasteiger partial charge in [0.1, 0.15) is 0 Å². The van der Waals surface area contributed by atoms with E-state index in [9.17, 15) is 0 Å². The van der Waals surface area contributed by atoms with Gasteiger partial charge in [0, 0.05) is 17.2 Å². The molecule has 1 heterocycles. The fourth-order valence-corrected chi connectivity index (χ4v) is 1.63. The summed E-state index contributed by atoms with van der Waals surface area (Å²) in [6, 6.07) is 5.82. The SMILES string of the molecule is Cc1ccc(-c2noc(C3CC3)n2)cc1N. The lowest BCUT2D eigenvalue weighted by molar-refractivity contribution is 0.380. The Kier molecular flexibility index (Phi) is 1.96. The summed E-state index contributed by atoms with van der Waals surface area (Å²) in [5.41, 5.74) is 8.59. The van der Waals surface area contributed by atoms with Gasteiger partial charge in [-0.05, 0) is 31.4 Å². The van der Waals surface area contributed by atoms with Crippen molar-refractivity contribution in [2.75, 3.05) is 5.73 Å². The average molecular weight is 215 g/mol. The van der Waals surface area contributed by atoms with Gasteiger partial charge < -0.3 is 10.3 Å². The summed E-state index contributed by atoms with van der Waals surface area (Å²) in [5.74, 6) is 1.88. The zero-order valence-corrected chi connectivity index (χ0v) is 9.10. The molecular formula is C12H13N3O. The van der Waals surface area contributed by atoms with Crippen LogP contribution in [0.5, 0.6) is 0 Å². The molecule has 0 unspecified atom stereocenters. The minimum Gasteiger partial charge on any atom is -0.398 e. The Balaban J connectivity index is 1.97. The normalized spacial score (nSPS) is 15.3. The van der Waals surface area contributed by atoms with Crippen molar-refractivity contribution in [3.8, 4) is 11.4 Å². The van der Waals surface area contributed by atoms with Crippen LogP contribution in [-0.2, 0) is 0 Å². The van der Waals surface area contributed by atoms with Crippen LogP contribution in [0, 0.1) is 6.92 Å². The van der Waals surface area contributed by atoms with Crippen LogP contribution in [0.2, 0.25) is 0 Å². The maximum atomic E-state index is 5.85. The molecule has 0 amide bonds. The van der Waals surface area contributed by atoms with Gasteiger partial charge in [-0.1, -0.05) is 17.3 Å². The van der Waals surface area contributed by atoms with Crippen molar-refractivity contribution >= 4 is 5.69 Å². The summed E-state index contributed by atoms with van der Waals surface area (Å²) < 4.78 is 5.21. The summed E-state index contributed by atoms with van der Waals surface area (Å²) in [6.45, 7) is 1.98. The number of rotatable bonds is 2. The van der Waals surface area contributed by atoms with Crippen LogP contribution in [0.3, 0.4) is 0 Å². The summed E-state index contributed by atoms with van der Waals surface area (Å²) >= 11 is 0. The van der Waals surface area contributed by atoms with Gasteiger partial charge in [-0.2, -0.15) is 4.98 Å². The number of aromatic nitrogens is 2. The zero-order valence-electron chi connectivity index (χ0n) is 9.10. The molecule has 0 radical (unpaired) electrons. The number of hydrogen-bond acceptors (Lipinski definition) is 4. The van der Waals surface area contributed by atoms with Crippen molar-refractivity contribution in [2.45, 2.75) is 25.7 Å². The summed E-state index contributed by atoms with van der Waals surface area (Å²) in [5, 5.41) is 3.98. The molecule has 0 spiro atoms. The van der Waals surface area contributed by atoms with Crippen LogP contribution in [0.15, 0.2) is 22.7 Å². The molecule has 1 aromatic carbocycles. The fourth-order valence-electron chi connectivity index (χ4n) is 1.63. The van der Waals surface area contributed by atoms with Crippen molar-refractivity contribution in [3.05, 3.63) is 29.7 Å². The maximum absolute atomic E-state index is 5.85. The highest BCUT2D eigenvalue weighted by atomic mass is 16.5. The highest BCUT2D eigenvalue weighted by molar-refractivity contribution is 5.63. The molecule has 16 heavy (non-hydrogen) atoms. The van der Waals surface area contributed by atoms with E-state index in [1.165, 1.54) is 0 Å². The highest BCUT2D eigenvalue weighted by Gasteiger charge is 2.29. The van der Waals surface area contributed by atoms with Crippen molar-refractivity contribution in [3.63, 3.8) is 0 Å². The number of aryl methyl sites for hydroxylation is 1. The molecule has 2 aromatic rings. The highest BCUT2D eigenvalue weighted by Crippen LogP contribution is 2.39. The Labute approximate surface area is 93.5 Å². The molecule has 1 aromatic heterocycles. The first kappa shape index (κ1) is 9.39. The van der Waals surface area contributed by atoms with Crippen molar-refractivity contribution in [1.82, 2.24) is 10.1 Å². The van der Waals surface area contributed by atoms with Crippen LogP contribution in [0.25, 0.3) is 11.4 Å². The first-order chi connectivity index (χ1) is 7.74. The lowest BCUT2D eigenvalue weighted by Crippen LogP contribution is -1.90. The second kappa shape index (κ2) is 3.33. The third-order valence-electron chi connectivity index (χ3n) is 2.91. The number of benzene rings is 1. The number of nitrogens with two attached hydrogens (primary N) is 1. The number of hydrogen-bond donors (Lipinski definition) is 1. The van der Waals surface area contributed by atoms with Gasteiger partial charge in [0.25, 0.3) is 0 Å². The molecule has 1 saturated carbocycles. The first-order valence-corrected chi connectivity index (χ1v) is 5.44. The van der Waals surface area contributed by atoms with E-state index in [1.807, 2.05) is 25.1 Å². The zero-order chi connectivity index (χ0) is 11.1. The van der Waals surface area contributed by atoms with Crippen molar-refractivity contribution in [2.24, 2.45) is 0 Å². The van der Waals surface area contributed by atoms with Gasteiger partial charge >= 0.3 is 0 Å². The van der Waals surface area contributed by atoms with Crippen LogP contribution < -0.4 is 5.73 Å². The predicted octanol–water partition coefficient (Wildman–Crippen LogP) is 2.50. The summed E-state index contributed by atoms with van der Waals surface area (Å²) in [4.78, 5) is 4.38. The predicted molar refractivity (Wildman–Crippen MR) is 60.9 cm³/mol. The minimum absolute atomic E-state index is 0.490. The molecule has 1 fully saturated rings. The van der Waals surface area contributed by atoms with Gasteiger partial charge in [-0.3, -0.25) is 0 Å². The van der Waals surface area contributed by atoms with Gasteiger partial charge in [-0.15, -0.1) is 0 Å². The third-order valence-corrected chi connectivity index (χ3v) is 2.91. The van der Waals surface area contributed by atoms with Crippen LogP contribution in [0.1, 0.15) is 30.2 Å². The minimum atomic E-state index is 0.490. The van der Waals surface area contributed by atoms with E-state index < -0.39 is 0 Å². The van der Waals surface area contributed by atoms with Crippen LogP contribution in [-0.4, -0.2) is 10.1 Å². The van der Waals surface area contributed by atoms with E-state index in [0.29, 0.717) is 11.7 Å². The molecule has 4 heteroatoms. The van der Waals surface area contributed by atoms with Gasteiger partial charge in [0.15, 0.2) is 0 Å². The van der Waals surface area contributed by atoms with Crippen molar-refractivity contribution in [1.29, 1.82) is 0 Å². The van der Waals surface area contributed by atoms with Gasteiger partial charge in [-0.25, -0.2) is 0 Å². The Morgan fingerprint density at radius 1 is 1.38 bits per heavy atom. The molecule has 0 aliphatic heterocycles. The fraction of sp³-hybridized carbons (Fsp3) is 0.333. The number of nitrogen functional groups attached to an aromatic ring is 1. The Morgan fingerprint density at radius 2 is 2.19 bits per heavy atom. The van der Waals surface area contributed by atoms with E-state index in [4.69, 9.17) is 10.3 Å². The van der Waals surface area contributed by atoms with E-state index >= 15 is 0 Å². The molecule has 3 rings (SSSR count). The molecule has 0 saturated heterocycles. The molecular weight excluding hydrogens is 202 g/mol. The van der Waals surface area contributed by atoms with Crippen LogP contribution in [0.4, 0.5) is 5.69 Å². The van der Waals surface area contributed by atoms with E-state index in [-0.39, 0.29) is 0 Å².